The van der Waals surface area contributed by atoms with E-state index in [1.54, 1.807) is 6.07 Å². The van der Waals surface area contributed by atoms with Gasteiger partial charge < -0.3 is 5.11 Å². The van der Waals surface area contributed by atoms with Gasteiger partial charge in [-0.2, -0.15) is 0 Å². The van der Waals surface area contributed by atoms with Crippen LogP contribution < -0.4 is 0 Å². The minimum absolute atomic E-state index is 0.301. The van der Waals surface area contributed by atoms with Crippen molar-refractivity contribution in [2.24, 2.45) is 4.99 Å². The molecule has 0 aromatic heterocycles. The second kappa shape index (κ2) is 8.73. The molecule has 2 saturated carbocycles. The summed E-state index contributed by atoms with van der Waals surface area (Å²) in [5, 5.41) is 10.1. The van der Waals surface area contributed by atoms with E-state index in [-0.39, 0.29) is 0 Å². The van der Waals surface area contributed by atoms with Crippen LogP contribution in [0.5, 0.6) is 5.75 Å². The number of rotatable bonds is 4. The molecule has 2 fully saturated rings. The summed E-state index contributed by atoms with van der Waals surface area (Å²) >= 11 is 0. The van der Waals surface area contributed by atoms with Crippen molar-refractivity contribution in [2.75, 3.05) is 0 Å². The highest BCUT2D eigenvalue weighted by molar-refractivity contribution is 5.86. The molecule has 0 unspecified atom stereocenters. The second-order valence-electron chi connectivity index (χ2n) is 8.27. The van der Waals surface area contributed by atoms with Crippen molar-refractivity contribution in [1.82, 2.24) is 0 Å². The molecule has 142 valence electrons. The van der Waals surface area contributed by atoms with Gasteiger partial charge in [0, 0.05) is 11.8 Å². The van der Waals surface area contributed by atoms with E-state index in [1.165, 1.54) is 81.0 Å². The SMILES string of the molecule is Oc1ccccc1C=Nc1c(C2CCCCC2)cccc1C1CCCCC1. The van der Waals surface area contributed by atoms with Gasteiger partial charge in [-0.15, -0.1) is 0 Å². The summed E-state index contributed by atoms with van der Waals surface area (Å²) in [6.07, 6.45) is 15.1. The Morgan fingerprint density at radius 3 is 1.81 bits per heavy atom. The Hall–Kier alpha value is -2.09. The summed E-state index contributed by atoms with van der Waals surface area (Å²) in [6, 6.07) is 14.3. The summed E-state index contributed by atoms with van der Waals surface area (Å²) in [5.74, 6) is 1.58. The number of phenols is 1. The Morgan fingerprint density at radius 1 is 0.704 bits per heavy atom. The summed E-state index contributed by atoms with van der Waals surface area (Å²) < 4.78 is 0. The molecule has 0 spiro atoms. The fraction of sp³-hybridized carbons (Fsp3) is 0.480. The van der Waals surface area contributed by atoms with Crippen LogP contribution in [-0.4, -0.2) is 11.3 Å². The van der Waals surface area contributed by atoms with Gasteiger partial charge in [0.1, 0.15) is 5.75 Å². The summed E-state index contributed by atoms with van der Waals surface area (Å²) in [4.78, 5) is 5.00. The van der Waals surface area contributed by atoms with Crippen LogP contribution in [0.15, 0.2) is 47.5 Å². The Labute approximate surface area is 163 Å². The van der Waals surface area contributed by atoms with Gasteiger partial charge in [-0.1, -0.05) is 68.9 Å². The highest BCUT2D eigenvalue weighted by atomic mass is 16.3. The van der Waals surface area contributed by atoms with Crippen molar-refractivity contribution in [3.63, 3.8) is 0 Å². The molecule has 2 aromatic rings. The molecule has 0 amide bonds. The van der Waals surface area contributed by atoms with Crippen LogP contribution in [0.25, 0.3) is 0 Å². The van der Waals surface area contributed by atoms with Gasteiger partial charge in [0.05, 0.1) is 5.69 Å². The van der Waals surface area contributed by atoms with Crippen LogP contribution in [0, 0.1) is 0 Å². The third kappa shape index (κ3) is 4.26. The lowest BCUT2D eigenvalue weighted by atomic mass is 9.78. The monoisotopic (exact) mass is 361 g/mol. The fourth-order valence-electron chi connectivity index (χ4n) is 4.95. The largest absolute Gasteiger partial charge is 0.507 e. The summed E-state index contributed by atoms with van der Waals surface area (Å²) in [6.45, 7) is 0. The van der Waals surface area contributed by atoms with E-state index in [0.29, 0.717) is 17.6 Å². The minimum atomic E-state index is 0.301. The molecule has 2 aromatic carbocycles. The maximum atomic E-state index is 10.1. The van der Waals surface area contributed by atoms with Gasteiger partial charge >= 0.3 is 0 Å². The highest BCUT2D eigenvalue weighted by Crippen LogP contribution is 2.44. The van der Waals surface area contributed by atoms with E-state index in [9.17, 15) is 5.11 Å². The van der Waals surface area contributed by atoms with E-state index < -0.39 is 0 Å². The zero-order valence-electron chi connectivity index (χ0n) is 16.2. The Kier molecular flexibility index (Phi) is 5.91. The number of para-hydroxylation sites is 2. The van der Waals surface area contributed by atoms with E-state index in [1.807, 2.05) is 24.4 Å². The van der Waals surface area contributed by atoms with E-state index in [2.05, 4.69) is 18.2 Å². The molecule has 0 heterocycles. The van der Waals surface area contributed by atoms with Crippen LogP contribution in [0.3, 0.4) is 0 Å². The minimum Gasteiger partial charge on any atom is -0.507 e. The topological polar surface area (TPSA) is 32.6 Å². The maximum Gasteiger partial charge on any atom is 0.124 e. The number of nitrogens with zero attached hydrogens (tertiary/aromatic N) is 1. The van der Waals surface area contributed by atoms with Crippen LogP contribution >= 0.6 is 0 Å². The number of phenolic OH excluding ortho intramolecular Hbond substituents is 1. The zero-order valence-corrected chi connectivity index (χ0v) is 16.2. The number of hydrogen-bond donors (Lipinski definition) is 1. The smallest absolute Gasteiger partial charge is 0.124 e. The molecule has 27 heavy (non-hydrogen) atoms. The number of aromatic hydroxyl groups is 1. The van der Waals surface area contributed by atoms with Gasteiger partial charge in [0.15, 0.2) is 0 Å². The molecule has 0 radical (unpaired) electrons. The van der Waals surface area contributed by atoms with Gasteiger partial charge in [-0.25, -0.2) is 0 Å². The van der Waals surface area contributed by atoms with Crippen LogP contribution in [0.2, 0.25) is 0 Å². The van der Waals surface area contributed by atoms with Crippen molar-refractivity contribution < 1.29 is 5.11 Å². The lowest BCUT2D eigenvalue weighted by Gasteiger charge is -2.28. The molecule has 0 bridgehead atoms. The van der Waals surface area contributed by atoms with E-state index >= 15 is 0 Å². The average Bonchev–Trinajstić information content (AvgIpc) is 2.74. The number of aliphatic imine (C=N–C) groups is 1. The predicted molar refractivity (Wildman–Crippen MR) is 113 cm³/mol. The first kappa shape index (κ1) is 18.3. The van der Waals surface area contributed by atoms with Gasteiger partial charge in [0.2, 0.25) is 0 Å². The van der Waals surface area contributed by atoms with Crippen molar-refractivity contribution in [2.45, 2.75) is 76.0 Å². The first-order valence-corrected chi connectivity index (χ1v) is 10.8. The first-order valence-electron chi connectivity index (χ1n) is 10.8. The van der Waals surface area contributed by atoms with Crippen LogP contribution in [0.4, 0.5) is 5.69 Å². The maximum absolute atomic E-state index is 10.1. The van der Waals surface area contributed by atoms with Crippen molar-refractivity contribution >= 4 is 11.9 Å². The standard InChI is InChI=1S/C25H31NO/c27-24-17-8-7-14-21(24)18-26-25-22(19-10-3-1-4-11-19)15-9-16-23(25)20-12-5-2-6-13-20/h7-9,14-20,27H,1-6,10-13H2. The number of hydrogen-bond acceptors (Lipinski definition) is 2. The first-order chi connectivity index (χ1) is 13.3. The molecule has 2 aliphatic carbocycles. The van der Waals surface area contributed by atoms with Gasteiger partial charge in [-0.05, 0) is 60.8 Å². The quantitative estimate of drug-likeness (QED) is 0.572. The highest BCUT2D eigenvalue weighted by Gasteiger charge is 2.24. The van der Waals surface area contributed by atoms with Crippen LogP contribution in [0.1, 0.15) is 92.7 Å². The lowest BCUT2D eigenvalue weighted by Crippen LogP contribution is -2.09. The Bertz CT molecular complexity index is 746. The van der Waals surface area contributed by atoms with Crippen molar-refractivity contribution in [3.05, 3.63) is 59.2 Å². The van der Waals surface area contributed by atoms with Crippen molar-refractivity contribution in [3.8, 4) is 5.75 Å². The predicted octanol–water partition coefficient (Wildman–Crippen LogP) is 7.24. The molecule has 2 heteroatoms. The zero-order chi connectivity index (χ0) is 18.5. The lowest BCUT2D eigenvalue weighted by molar-refractivity contribution is 0.436. The van der Waals surface area contributed by atoms with Gasteiger partial charge in [0.25, 0.3) is 0 Å². The molecular formula is C25H31NO. The van der Waals surface area contributed by atoms with Crippen LogP contribution in [-0.2, 0) is 0 Å². The average molecular weight is 362 g/mol. The van der Waals surface area contributed by atoms with E-state index in [0.717, 1.165) is 5.56 Å². The molecule has 4 rings (SSSR count). The third-order valence-corrected chi connectivity index (χ3v) is 6.46. The Morgan fingerprint density at radius 2 is 1.26 bits per heavy atom. The Balaban J connectivity index is 1.73. The molecule has 0 atom stereocenters. The molecule has 2 nitrogen and oxygen atoms in total. The molecular weight excluding hydrogens is 330 g/mol. The second-order valence-corrected chi connectivity index (χ2v) is 8.27. The fourth-order valence-corrected chi connectivity index (χ4v) is 4.95. The van der Waals surface area contributed by atoms with Gasteiger partial charge in [-0.3, -0.25) is 4.99 Å². The summed E-state index contributed by atoms with van der Waals surface area (Å²) in [5.41, 5.74) is 4.86. The molecule has 2 aliphatic rings. The third-order valence-electron chi connectivity index (χ3n) is 6.46. The summed E-state index contributed by atoms with van der Waals surface area (Å²) in [7, 11) is 0. The molecule has 0 saturated heterocycles. The van der Waals surface area contributed by atoms with Crippen molar-refractivity contribution in [1.29, 1.82) is 0 Å². The number of benzene rings is 2. The molecule has 0 aliphatic heterocycles. The molecule has 1 N–H and O–H groups in total. The van der Waals surface area contributed by atoms with E-state index in [4.69, 9.17) is 4.99 Å². The normalized spacial score (nSPS) is 19.6.